The third kappa shape index (κ3) is 3.75. The van der Waals surface area contributed by atoms with Crippen LogP contribution < -0.4 is 5.32 Å². The van der Waals surface area contributed by atoms with Crippen LogP contribution in [0.3, 0.4) is 0 Å². The van der Waals surface area contributed by atoms with Crippen molar-refractivity contribution in [1.29, 1.82) is 0 Å². The van der Waals surface area contributed by atoms with E-state index in [2.05, 4.69) is 20.6 Å². The van der Waals surface area contributed by atoms with Gasteiger partial charge >= 0.3 is 5.97 Å². The van der Waals surface area contributed by atoms with Gasteiger partial charge in [-0.2, -0.15) is 4.52 Å². The summed E-state index contributed by atoms with van der Waals surface area (Å²) < 4.78 is 1.56. The summed E-state index contributed by atoms with van der Waals surface area (Å²) in [7, 11) is 0. The second kappa shape index (κ2) is 6.62. The molecular weight excluding hydrogens is 318 g/mol. The Hall–Kier alpha value is -2.67. The molecule has 118 valence electrons. The summed E-state index contributed by atoms with van der Waals surface area (Å²) in [6.45, 7) is 0.599. The van der Waals surface area contributed by atoms with Gasteiger partial charge in [0.1, 0.15) is 5.82 Å². The smallest absolute Gasteiger partial charge is 0.303 e. The molecule has 0 amide bonds. The van der Waals surface area contributed by atoms with Crippen LogP contribution in [-0.2, 0) is 17.8 Å². The highest BCUT2D eigenvalue weighted by Gasteiger charge is 2.09. The first kappa shape index (κ1) is 15.2. The predicted molar refractivity (Wildman–Crippen MR) is 85.5 cm³/mol. The molecule has 0 atom stereocenters. The number of carbonyl (C=O) groups is 1. The summed E-state index contributed by atoms with van der Waals surface area (Å²) in [5, 5.41) is 25.0. The minimum Gasteiger partial charge on any atom is -0.481 e. The molecule has 7 nitrogen and oxygen atoms in total. The number of hydrogen-bond acceptors (Lipinski definition) is 5. The summed E-state index contributed by atoms with van der Waals surface area (Å²) in [6, 6.07) is 11.1. The van der Waals surface area contributed by atoms with E-state index in [0.717, 1.165) is 5.56 Å². The monoisotopic (exact) mass is 331 g/mol. The van der Waals surface area contributed by atoms with Gasteiger partial charge in [-0.05, 0) is 29.8 Å². The number of halogens is 1. The van der Waals surface area contributed by atoms with Crippen molar-refractivity contribution < 1.29 is 9.90 Å². The number of nitrogens with zero attached hydrogens (tertiary/aromatic N) is 4. The summed E-state index contributed by atoms with van der Waals surface area (Å²) in [6.07, 6.45) is 0.273. The number of carboxylic acid groups (broad SMARTS) is 1. The summed E-state index contributed by atoms with van der Waals surface area (Å²) in [5.41, 5.74) is 1.66. The Morgan fingerprint density at radius 2 is 1.96 bits per heavy atom. The standard InChI is InChI=1S/C15H14ClN5O2/c16-11-3-1-10(2-4-11)9-17-12-5-6-13-18-19-14(21(13)20-12)7-8-15(22)23/h1-6H,7-9H2,(H,17,20)(H,22,23). The Kier molecular flexibility index (Phi) is 4.38. The highest BCUT2D eigenvalue weighted by atomic mass is 35.5. The molecule has 23 heavy (non-hydrogen) atoms. The third-order valence-corrected chi connectivity index (χ3v) is 3.53. The number of anilines is 1. The first-order valence-corrected chi connectivity index (χ1v) is 7.41. The quantitative estimate of drug-likeness (QED) is 0.720. The van der Waals surface area contributed by atoms with Crippen LogP contribution in [-0.4, -0.2) is 30.9 Å². The molecule has 0 bridgehead atoms. The van der Waals surface area contributed by atoms with Crippen molar-refractivity contribution in [3.8, 4) is 0 Å². The summed E-state index contributed by atoms with van der Waals surface area (Å²) >= 11 is 5.86. The van der Waals surface area contributed by atoms with E-state index in [-0.39, 0.29) is 12.8 Å². The van der Waals surface area contributed by atoms with E-state index in [0.29, 0.717) is 28.9 Å². The number of aromatic nitrogens is 4. The SMILES string of the molecule is O=C(O)CCc1nnc2ccc(NCc3ccc(Cl)cc3)nn12. The first-order chi connectivity index (χ1) is 11.1. The summed E-state index contributed by atoms with van der Waals surface area (Å²) in [4.78, 5) is 10.7. The Morgan fingerprint density at radius 1 is 1.17 bits per heavy atom. The largest absolute Gasteiger partial charge is 0.481 e. The second-order valence-electron chi connectivity index (χ2n) is 4.98. The van der Waals surface area contributed by atoms with Crippen LogP contribution in [0.15, 0.2) is 36.4 Å². The topological polar surface area (TPSA) is 92.4 Å². The first-order valence-electron chi connectivity index (χ1n) is 7.03. The van der Waals surface area contributed by atoms with Crippen LogP contribution in [0, 0.1) is 0 Å². The maximum Gasteiger partial charge on any atom is 0.303 e. The molecular formula is C15H14ClN5O2. The van der Waals surface area contributed by atoms with Crippen molar-refractivity contribution in [2.45, 2.75) is 19.4 Å². The van der Waals surface area contributed by atoms with Gasteiger partial charge in [-0.1, -0.05) is 23.7 Å². The van der Waals surface area contributed by atoms with Gasteiger partial charge in [-0.25, -0.2) is 0 Å². The highest BCUT2D eigenvalue weighted by molar-refractivity contribution is 6.30. The molecule has 2 aromatic heterocycles. The number of aryl methyl sites for hydroxylation is 1. The number of aliphatic carboxylic acids is 1. The third-order valence-electron chi connectivity index (χ3n) is 3.28. The Morgan fingerprint density at radius 3 is 2.70 bits per heavy atom. The fourth-order valence-electron chi connectivity index (χ4n) is 2.10. The van der Waals surface area contributed by atoms with Crippen LogP contribution in [0.25, 0.3) is 5.65 Å². The van der Waals surface area contributed by atoms with Crippen LogP contribution in [0.4, 0.5) is 5.82 Å². The molecule has 0 aliphatic rings. The normalized spacial score (nSPS) is 10.8. The zero-order chi connectivity index (χ0) is 16.2. The number of carboxylic acids is 1. The van der Waals surface area contributed by atoms with E-state index in [4.69, 9.17) is 16.7 Å². The predicted octanol–water partition coefficient (Wildman–Crippen LogP) is 2.41. The number of hydrogen-bond donors (Lipinski definition) is 2. The van der Waals surface area contributed by atoms with E-state index in [9.17, 15) is 4.79 Å². The minimum absolute atomic E-state index is 0.00902. The van der Waals surface area contributed by atoms with Crippen molar-refractivity contribution in [3.63, 3.8) is 0 Å². The molecule has 0 radical (unpaired) electrons. The lowest BCUT2D eigenvalue weighted by Crippen LogP contribution is -2.07. The van der Waals surface area contributed by atoms with E-state index < -0.39 is 5.97 Å². The molecule has 2 heterocycles. The van der Waals surface area contributed by atoms with Gasteiger partial charge in [0.05, 0.1) is 6.42 Å². The molecule has 0 aliphatic carbocycles. The van der Waals surface area contributed by atoms with Crippen LogP contribution >= 0.6 is 11.6 Å². The van der Waals surface area contributed by atoms with Crippen molar-refractivity contribution in [3.05, 3.63) is 52.8 Å². The lowest BCUT2D eigenvalue weighted by molar-refractivity contribution is -0.137. The maximum atomic E-state index is 10.7. The molecule has 3 rings (SSSR count). The van der Waals surface area contributed by atoms with Gasteiger partial charge in [0, 0.05) is 18.0 Å². The van der Waals surface area contributed by atoms with Gasteiger partial charge in [0.25, 0.3) is 0 Å². The van der Waals surface area contributed by atoms with Gasteiger partial charge in [-0.3, -0.25) is 4.79 Å². The van der Waals surface area contributed by atoms with Crippen LogP contribution in [0.5, 0.6) is 0 Å². The number of benzene rings is 1. The molecule has 2 N–H and O–H groups in total. The van der Waals surface area contributed by atoms with Crippen molar-refractivity contribution >= 4 is 29.0 Å². The van der Waals surface area contributed by atoms with E-state index in [1.807, 2.05) is 24.3 Å². The zero-order valence-electron chi connectivity index (χ0n) is 12.1. The minimum atomic E-state index is -0.876. The van der Waals surface area contributed by atoms with Crippen molar-refractivity contribution in [2.75, 3.05) is 5.32 Å². The van der Waals surface area contributed by atoms with E-state index >= 15 is 0 Å². The Balaban J connectivity index is 1.74. The number of rotatable bonds is 6. The molecule has 0 saturated heterocycles. The lowest BCUT2D eigenvalue weighted by Gasteiger charge is -2.06. The Labute approximate surface area is 136 Å². The molecule has 0 unspecified atom stereocenters. The van der Waals surface area contributed by atoms with Gasteiger partial charge < -0.3 is 10.4 Å². The van der Waals surface area contributed by atoms with Crippen molar-refractivity contribution in [1.82, 2.24) is 19.8 Å². The maximum absolute atomic E-state index is 10.7. The van der Waals surface area contributed by atoms with Crippen LogP contribution in [0.2, 0.25) is 5.02 Å². The molecule has 0 aliphatic heterocycles. The molecule has 0 fully saturated rings. The number of nitrogens with one attached hydrogen (secondary N) is 1. The molecule has 8 heteroatoms. The van der Waals surface area contributed by atoms with Crippen molar-refractivity contribution in [2.24, 2.45) is 0 Å². The average molecular weight is 332 g/mol. The molecule has 3 aromatic rings. The summed E-state index contributed by atoms with van der Waals surface area (Å²) in [5.74, 6) is 0.306. The zero-order valence-corrected chi connectivity index (χ0v) is 12.9. The van der Waals surface area contributed by atoms with E-state index in [1.54, 1.807) is 16.6 Å². The fourth-order valence-corrected chi connectivity index (χ4v) is 2.22. The fraction of sp³-hybridized carbons (Fsp3) is 0.200. The van der Waals surface area contributed by atoms with Gasteiger partial charge in [-0.15, -0.1) is 15.3 Å². The van der Waals surface area contributed by atoms with E-state index in [1.165, 1.54) is 0 Å². The molecule has 0 spiro atoms. The highest BCUT2D eigenvalue weighted by Crippen LogP contribution is 2.12. The molecule has 1 aromatic carbocycles. The lowest BCUT2D eigenvalue weighted by atomic mass is 10.2. The Bertz CT molecular complexity index is 832. The van der Waals surface area contributed by atoms with Gasteiger partial charge in [0.15, 0.2) is 11.5 Å². The second-order valence-corrected chi connectivity index (χ2v) is 5.41. The molecule has 0 saturated carbocycles. The average Bonchev–Trinajstić information content (AvgIpc) is 2.95. The van der Waals surface area contributed by atoms with Gasteiger partial charge in [0.2, 0.25) is 0 Å². The van der Waals surface area contributed by atoms with Crippen LogP contribution in [0.1, 0.15) is 17.8 Å². The number of fused-ring (bicyclic) bond motifs is 1.